The Balaban J connectivity index is 0.00000156. The van der Waals surface area contributed by atoms with Crippen LogP contribution < -0.4 is 10.2 Å². The highest BCUT2D eigenvalue weighted by molar-refractivity contribution is 7.13. The van der Waals surface area contributed by atoms with E-state index in [1.54, 1.807) is 18.1 Å². The molecule has 0 bridgehead atoms. The van der Waals surface area contributed by atoms with Crippen LogP contribution in [-0.2, 0) is 4.79 Å². The second-order valence-electron chi connectivity index (χ2n) is 5.48. The predicted molar refractivity (Wildman–Crippen MR) is 109 cm³/mol. The molecule has 1 unspecified atom stereocenters. The lowest BCUT2D eigenvalue weighted by Crippen LogP contribution is -2.49. The number of carbonyl (C=O) groups excluding carboxylic acids is 1. The monoisotopic (exact) mass is 422 g/mol. The quantitative estimate of drug-likeness (QED) is 0.820. The zero-order chi connectivity index (χ0) is 16.2. The smallest absolute Gasteiger partial charge is 0.242 e. The van der Waals surface area contributed by atoms with E-state index < -0.39 is 0 Å². The number of likely N-dealkylation sites (N-methyl/N-ethyl adjacent to an activating group) is 1. The molecule has 1 atom stereocenters. The van der Waals surface area contributed by atoms with E-state index >= 15 is 0 Å². The molecule has 1 fully saturated rings. The van der Waals surface area contributed by atoms with Crippen LogP contribution in [0.2, 0.25) is 5.02 Å². The van der Waals surface area contributed by atoms with Crippen LogP contribution in [0.5, 0.6) is 0 Å². The summed E-state index contributed by atoms with van der Waals surface area (Å²) in [5.74, 6) is 0.0407. The molecule has 1 amide bonds. The van der Waals surface area contributed by atoms with E-state index in [0.717, 1.165) is 35.4 Å². The van der Waals surface area contributed by atoms with Gasteiger partial charge >= 0.3 is 0 Å². The number of anilines is 1. The van der Waals surface area contributed by atoms with Crippen molar-refractivity contribution in [3.63, 3.8) is 0 Å². The Morgan fingerprint density at radius 1 is 1.44 bits per heavy atom. The molecule has 2 heterocycles. The maximum atomic E-state index is 12.6. The van der Waals surface area contributed by atoms with Crippen LogP contribution in [0.15, 0.2) is 35.8 Å². The van der Waals surface area contributed by atoms with Crippen molar-refractivity contribution in [2.75, 3.05) is 38.1 Å². The van der Waals surface area contributed by atoms with E-state index in [1.165, 1.54) is 11.3 Å². The van der Waals surface area contributed by atoms with Crippen LogP contribution in [0.3, 0.4) is 0 Å². The molecule has 1 aromatic carbocycles. The largest absolute Gasteiger partial charge is 0.314 e. The first-order valence-electron chi connectivity index (χ1n) is 7.52. The molecule has 3 rings (SSSR count). The summed E-state index contributed by atoms with van der Waals surface area (Å²) in [6.07, 6.45) is 1.71. The number of aromatic nitrogens is 1. The van der Waals surface area contributed by atoms with Crippen molar-refractivity contribution in [2.24, 2.45) is 0 Å². The second kappa shape index (κ2) is 10.3. The minimum Gasteiger partial charge on any atom is -0.314 e. The van der Waals surface area contributed by atoms with Gasteiger partial charge in [-0.25, -0.2) is 4.98 Å². The Morgan fingerprint density at radius 2 is 2.20 bits per heavy atom. The lowest BCUT2D eigenvalue weighted by Gasteiger charge is -2.37. The number of rotatable bonds is 4. The van der Waals surface area contributed by atoms with Crippen molar-refractivity contribution in [1.82, 2.24) is 15.2 Å². The number of hydrogen-bond acceptors (Lipinski definition) is 5. The highest BCUT2D eigenvalue weighted by atomic mass is 35.5. The third-order valence-electron chi connectivity index (χ3n) is 4.04. The highest BCUT2D eigenvalue weighted by Crippen LogP contribution is 2.28. The third-order valence-corrected chi connectivity index (χ3v) is 5.23. The predicted octanol–water partition coefficient (Wildman–Crippen LogP) is 3.25. The lowest BCUT2D eigenvalue weighted by molar-refractivity contribution is -0.120. The molecule has 1 saturated heterocycles. The minimum atomic E-state index is 0. The molecular weight excluding hydrogens is 403 g/mol. The topological polar surface area (TPSA) is 48.5 Å². The van der Waals surface area contributed by atoms with E-state index in [-0.39, 0.29) is 36.8 Å². The summed E-state index contributed by atoms with van der Waals surface area (Å²) < 4.78 is 0. The molecule has 0 radical (unpaired) electrons. The van der Waals surface area contributed by atoms with Gasteiger partial charge in [-0.15, -0.1) is 36.2 Å². The summed E-state index contributed by atoms with van der Waals surface area (Å²) in [7, 11) is 1.77. The van der Waals surface area contributed by atoms with Crippen molar-refractivity contribution >= 4 is 58.8 Å². The summed E-state index contributed by atoms with van der Waals surface area (Å²) in [4.78, 5) is 20.6. The van der Waals surface area contributed by atoms with Gasteiger partial charge in [0, 0.05) is 49.3 Å². The average Bonchev–Trinajstić information content (AvgIpc) is 3.10. The Labute approximate surface area is 169 Å². The van der Waals surface area contributed by atoms with Gasteiger partial charge in [0.15, 0.2) is 5.13 Å². The molecule has 2 aromatic rings. The van der Waals surface area contributed by atoms with E-state index in [4.69, 9.17) is 11.6 Å². The summed E-state index contributed by atoms with van der Waals surface area (Å²) in [6.45, 7) is 2.83. The maximum absolute atomic E-state index is 12.6. The van der Waals surface area contributed by atoms with E-state index in [0.29, 0.717) is 6.54 Å². The van der Waals surface area contributed by atoms with E-state index in [1.807, 2.05) is 29.6 Å². The first kappa shape index (κ1) is 22.2. The van der Waals surface area contributed by atoms with Crippen LogP contribution in [0, 0.1) is 0 Å². The van der Waals surface area contributed by atoms with Crippen molar-refractivity contribution in [2.45, 2.75) is 6.04 Å². The zero-order valence-electron chi connectivity index (χ0n) is 13.7. The first-order valence-corrected chi connectivity index (χ1v) is 8.78. The second-order valence-corrected chi connectivity index (χ2v) is 6.76. The van der Waals surface area contributed by atoms with Crippen LogP contribution >= 0.6 is 47.8 Å². The number of carbonyl (C=O) groups is 1. The van der Waals surface area contributed by atoms with Crippen molar-refractivity contribution in [3.8, 4) is 0 Å². The number of halogens is 3. The van der Waals surface area contributed by atoms with Crippen molar-refractivity contribution in [1.29, 1.82) is 0 Å². The van der Waals surface area contributed by atoms with Gasteiger partial charge in [0.1, 0.15) is 0 Å². The van der Waals surface area contributed by atoms with Crippen LogP contribution in [0.1, 0.15) is 11.6 Å². The molecule has 1 aliphatic heterocycles. The molecule has 0 aliphatic carbocycles. The fraction of sp³-hybridized carbons (Fsp3) is 0.375. The van der Waals surface area contributed by atoms with E-state index in [9.17, 15) is 4.79 Å². The third kappa shape index (κ3) is 5.29. The molecule has 5 nitrogen and oxygen atoms in total. The zero-order valence-corrected chi connectivity index (χ0v) is 16.9. The Morgan fingerprint density at radius 3 is 2.88 bits per heavy atom. The van der Waals surface area contributed by atoms with Gasteiger partial charge in [0.25, 0.3) is 0 Å². The number of amides is 1. The molecule has 0 spiro atoms. The first-order chi connectivity index (χ1) is 11.2. The van der Waals surface area contributed by atoms with Crippen LogP contribution in [-0.4, -0.2) is 49.0 Å². The Kier molecular flexibility index (Phi) is 9.13. The summed E-state index contributed by atoms with van der Waals surface area (Å²) >= 11 is 7.81. The van der Waals surface area contributed by atoms with Crippen molar-refractivity contribution < 1.29 is 4.79 Å². The molecule has 9 heteroatoms. The van der Waals surface area contributed by atoms with Crippen LogP contribution in [0.4, 0.5) is 5.13 Å². The normalized spacial score (nSPS) is 17.3. The maximum Gasteiger partial charge on any atom is 0.242 e. The average molecular weight is 424 g/mol. The summed E-state index contributed by atoms with van der Waals surface area (Å²) in [5, 5.41) is 6.72. The van der Waals surface area contributed by atoms with Gasteiger partial charge in [-0.3, -0.25) is 14.6 Å². The number of thiazole rings is 1. The molecule has 138 valence electrons. The molecule has 0 saturated carbocycles. The van der Waals surface area contributed by atoms with Gasteiger partial charge < -0.3 is 5.32 Å². The molecule has 1 aromatic heterocycles. The highest BCUT2D eigenvalue weighted by Gasteiger charge is 2.28. The fourth-order valence-corrected chi connectivity index (χ4v) is 3.64. The molecule has 1 aliphatic rings. The Hall–Kier alpha value is -0.890. The summed E-state index contributed by atoms with van der Waals surface area (Å²) in [5.41, 5.74) is 1.06. The number of nitrogens with zero attached hydrogens (tertiary/aromatic N) is 3. The molecular formula is C16H21Cl3N4OS. The number of hydrogen-bond donors (Lipinski definition) is 1. The van der Waals surface area contributed by atoms with Gasteiger partial charge in [-0.05, 0) is 11.6 Å². The van der Waals surface area contributed by atoms with Gasteiger partial charge in [-0.1, -0.05) is 29.8 Å². The molecule has 25 heavy (non-hydrogen) atoms. The van der Waals surface area contributed by atoms with E-state index in [2.05, 4.69) is 15.2 Å². The number of nitrogens with one attached hydrogen (secondary N) is 1. The lowest BCUT2D eigenvalue weighted by atomic mass is 10.0. The van der Waals surface area contributed by atoms with Gasteiger partial charge in [0.05, 0.1) is 6.54 Å². The van der Waals surface area contributed by atoms with Crippen molar-refractivity contribution in [3.05, 3.63) is 46.4 Å². The SMILES string of the molecule is CN(C(=O)CN1CCNCC1c1ccccc1Cl)c1nccs1.Cl.Cl. The minimum absolute atomic E-state index is 0. The molecule has 1 N–H and O–H groups in total. The summed E-state index contributed by atoms with van der Waals surface area (Å²) in [6, 6.07) is 7.94. The number of piperazine rings is 1. The van der Waals surface area contributed by atoms with Gasteiger partial charge in [0.2, 0.25) is 5.91 Å². The standard InChI is InChI=1S/C16H19ClN4OS.2ClH/c1-20(16-19-7-9-23-16)15(22)11-21-8-6-18-10-14(21)12-4-2-3-5-13(12)17;;/h2-5,7,9,14,18H,6,8,10-11H2,1H3;2*1H. The fourth-order valence-electron chi connectivity index (χ4n) is 2.76. The van der Waals surface area contributed by atoms with Gasteiger partial charge in [-0.2, -0.15) is 0 Å². The van der Waals surface area contributed by atoms with Crippen LogP contribution in [0.25, 0.3) is 0 Å². The number of benzene rings is 1. The Bertz CT molecular complexity index is 671.